The Hall–Kier alpha value is -1.26. The number of nitrogens with one attached hydrogen (secondary N) is 2. The second-order valence-electron chi connectivity index (χ2n) is 4.13. The van der Waals surface area contributed by atoms with Gasteiger partial charge in [-0.25, -0.2) is 0 Å². The molecule has 1 amide bonds. The lowest BCUT2D eigenvalue weighted by Crippen LogP contribution is -2.33. The van der Waals surface area contributed by atoms with Gasteiger partial charge in [0.05, 0.1) is 7.11 Å². The summed E-state index contributed by atoms with van der Waals surface area (Å²) in [5.74, 6) is 0.660. The van der Waals surface area contributed by atoms with Gasteiger partial charge in [0, 0.05) is 29.6 Å². The first-order valence-corrected chi connectivity index (χ1v) is 6.21. The van der Waals surface area contributed by atoms with Crippen LogP contribution in [0.3, 0.4) is 0 Å². The van der Waals surface area contributed by atoms with E-state index < -0.39 is 0 Å². The van der Waals surface area contributed by atoms with Crippen molar-refractivity contribution in [2.75, 3.05) is 20.7 Å². The van der Waals surface area contributed by atoms with E-state index in [1.54, 1.807) is 25.3 Å². The number of hydrogen-bond acceptors (Lipinski definition) is 3. The molecular formula is C13H19ClN2O2. The molecule has 0 aliphatic carbocycles. The average Bonchev–Trinajstić information content (AvgIpc) is 2.36. The zero-order chi connectivity index (χ0) is 13.5. The predicted molar refractivity (Wildman–Crippen MR) is 72.9 cm³/mol. The van der Waals surface area contributed by atoms with Gasteiger partial charge >= 0.3 is 0 Å². The Morgan fingerprint density at radius 2 is 2.22 bits per heavy atom. The maximum Gasteiger partial charge on any atom is 0.224 e. The minimum absolute atomic E-state index is 0.00591. The van der Waals surface area contributed by atoms with Crippen molar-refractivity contribution in [1.29, 1.82) is 0 Å². The first-order chi connectivity index (χ1) is 8.58. The van der Waals surface area contributed by atoms with E-state index >= 15 is 0 Å². The van der Waals surface area contributed by atoms with E-state index in [9.17, 15) is 4.79 Å². The molecule has 0 spiro atoms. The number of benzene rings is 1. The SMILES string of the molecule is CNCC(C)C(=O)NCc1cc(Cl)ccc1OC. The fourth-order valence-corrected chi connectivity index (χ4v) is 1.84. The highest BCUT2D eigenvalue weighted by Gasteiger charge is 2.12. The molecule has 0 fully saturated rings. The molecule has 0 heterocycles. The van der Waals surface area contributed by atoms with Crippen molar-refractivity contribution in [2.24, 2.45) is 5.92 Å². The molecule has 100 valence electrons. The molecule has 18 heavy (non-hydrogen) atoms. The van der Waals surface area contributed by atoms with Crippen LogP contribution in [-0.4, -0.2) is 26.6 Å². The molecule has 0 aromatic heterocycles. The van der Waals surface area contributed by atoms with Crippen molar-refractivity contribution in [3.63, 3.8) is 0 Å². The largest absolute Gasteiger partial charge is 0.496 e. The van der Waals surface area contributed by atoms with Gasteiger partial charge in [-0.05, 0) is 25.2 Å². The lowest BCUT2D eigenvalue weighted by atomic mass is 10.1. The third kappa shape index (κ3) is 4.20. The predicted octanol–water partition coefficient (Wildman–Crippen LogP) is 1.82. The summed E-state index contributed by atoms with van der Waals surface area (Å²) >= 11 is 5.92. The molecule has 0 aliphatic heterocycles. The van der Waals surface area contributed by atoms with Crippen LogP contribution in [-0.2, 0) is 11.3 Å². The minimum atomic E-state index is -0.0693. The molecule has 2 N–H and O–H groups in total. The number of amides is 1. The number of carbonyl (C=O) groups is 1. The maximum absolute atomic E-state index is 11.8. The highest BCUT2D eigenvalue weighted by Crippen LogP contribution is 2.22. The molecule has 1 rings (SSSR count). The van der Waals surface area contributed by atoms with E-state index in [0.717, 1.165) is 11.3 Å². The summed E-state index contributed by atoms with van der Waals surface area (Å²) in [5.41, 5.74) is 0.870. The molecule has 1 aromatic rings. The molecule has 0 saturated carbocycles. The summed E-state index contributed by atoms with van der Waals surface area (Å²) in [4.78, 5) is 11.8. The number of hydrogen-bond donors (Lipinski definition) is 2. The van der Waals surface area contributed by atoms with E-state index in [1.807, 2.05) is 14.0 Å². The molecule has 0 aliphatic rings. The molecule has 5 heteroatoms. The smallest absolute Gasteiger partial charge is 0.224 e. The average molecular weight is 271 g/mol. The van der Waals surface area contributed by atoms with Crippen molar-refractivity contribution < 1.29 is 9.53 Å². The third-order valence-electron chi connectivity index (χ3n) is 2.65. The van der Waals surface area contributed by atoms with Gasteiger partial charge in [0.25, 0.3) is 0 Å². The zero-order valence-electron chi connectivity index (χ0n) is 10.9. The van der Waals surface area contributed by atoms with Crippen LogP contribution in [0.5, 0.6) is 5.75 Å². The highest BCUT2D eigenvalue weighted by molar-refractivity contribution is 6.30. The van der Waals surface area contributed by atoms with Crippen molar-refractivity contribution in [2.45, 2.75) is 13.5 Å². The van der Waals surface area contributed by atoms with Crippen molar-refractivity contribution in [1.82, 2.24) is 10.6 Å². The lowest BCUT2D eigenvalue weighted by molar-refractivity contribution is -0.124. The van der Waals surface area contributed by atoms with E-state index in [0.29, 0.717) is 18.1 Å². The van der Waals surface area contributed by atoms with Crippen LogP contribution < -0.4 is 15.4 Å². The second kappa shape index (κ2) is 7.24. The monoisotopic (exact) mass is 270 g/mol. The molecule has 4 nitrogen and oxygen atoms in total. The zero-order valence-corrected chi connectivity index (χ0v) is 11.7. The van der Waals surface area contributed by atoms with Gasteiger partial charge < -0.3 is 15.4 Å². The summed E-state index contributed by atoms with van der Waals surface area (Å²) in [6.45, 7) is 2.94. The Labute approximate surface area is 113 Å². The van der Waals surface area contributed by atoms with E-state index in [2.05, 4.69) is 10.6 Å². The van der Waals surface area contributed by atoms with Crippen LogP contribution in [0.25, 0.3) is 0 Å². The molecule has 1 atom stereocenters. The summed E-state index contributed by atoms with van der Waals surface area (Å²) < 4.78 is 5.22. The topological polar surface area (TPSA) is 50.4 Å². The Morgan fingerprint density at radius 1 is 1.50 bits per heavy atom. The molecule has 0 radical (unpaired) electrons. The Kier molecular flexibility index (Phi) is 5.95. The second-order valence-corrected chi connectivity index (χ2v) is 4.57. The maximum atomic E-state index is 11.8. The summed E-state index contributed by atoms with van der Waals surface area (Å²) in [5, 5.41) is 6.47. The van der Waals surface area contributed by atoms with Crippen LogP contribution in [0.1, 0.15) is 12.5 Å². The fraction of sp³-hybridized carbons (Fsp3) is 0.462. The molecule has 1 unspecified atom stereocenters. The summed E-state index contributed by atoms with van der Waals surface area (Å²) in [6, 6.07) is 5.35. The Balaban J connectivity index is 2.62. The normalized spacial score (nSPS) is 12.0. The fourth-order valence-electron chi connectivity index (χ4n) is 1.64. The standard InChI is InChI=1S/C13H19ClN2O2/c1-9(7-15-2)13(17)16-8-10-6-11(14)4-5-12(10)18-3/h4-6,9,15H,7-8H2,1-3H3,(H,16,17). The van der Waals surface area contributed by atoms with Gasteiger partial charge in [-0.1, -0.05) is 18.5 Å². The van der Waals surface area contributed by atoms with Crippen LogP contribution in [0.15, 0.2) is 18.2 Å². The van der Waals surface area contributed by atoms with E-state index in [1.165, 1.54) is 0 Å². The van der Waals surface area contributed by atoms with Crippen LogP contribution >= 0.6 is 11.6 Å². The molecule has 1 aromatic carbocycles. The van der Waals surface area contributed by atoms with Crippen molar-refractivity contribution in [3.8, 4) is 5.75 Å². The van der Waals surface area contributed by atoms with Crippen LogP contribution in [0.4, 0.5) is 0 Å². The first-order valence-electron chi connectivity index (χ1n) is 5.83. The van der Waals surface area contributed by atoms with Crippen LogP contribution in [0.2, 0.25) is 5.02 Å². The summed E-state index contributed by atoms with van der Waals surface area (Å²) in [7, 11) is 3.42. The van der Waals surface area contributed by atoms with Crippen molar-refractivity contribution >= 4 is 17.5 Å². The number of methoxy groups -OCH3 is 1. The summed E-state index contributed by atoms with van der Waals surface area (Å²) in [6.07, 6.45) is 0. The number of carbonyl (C=O) groups excluding carboxylic acids is 1. The van der Waals surface area contributed by atoms with Gasteiger partial charge in [0.1, 0.15) is 5.75 Å². The van der Waals surface area contributed by atoms with Gasteiger partial charge in [0.2, 0.25) is 5.91 Å². The number of rotatable bonds is 6. The van der Waals surface area contributed by atoms with Crippen LogP contribution in [0, 0.1) is 5.92 Å². The van der Waals surface area contributed by atoms with Crippen molar-refractivity contribution in [3.05, 3.63) is 28.8 Å². The number of halogens is 1. The quantitative estimate of drug-likeness (QED) is 0.829. The van der Waals surface area contributed by atoms with Gasteiger partial charge in [-0.15, -0.1) is 0 Å². The number of ether oxygens (including phenoxy) is 1. The minimum Gasteiger partial charge on any atom is -0.496 e. The van der Waals surface area contributed by atoms with Gasteiger partial charge in [-0.3, -0.25) is 4.79 Å². The van der Waals surface area contributed by atoms with E-state index in [4.69, 9.17) is 16.3 Å². The third-order valence-corrected chi connectivity index (χ3v) is 2.89. The molecule has 0 bridgehead atoms. The Bertz CT molecular complexity index is 410. The lowest BCUT2D eigenvalue weighted by Gasteiger charge is -2.13. The van der Waals surface area contributed by atoms with E-state index in [-0.39, 0.29) is 11.8 Å². The van der Waals surface area contributed by atoms with Gasteiger partial charge in [0.15, 0.2) is 0 Å². The van der Waals surface area contributed by atoms with Gasteiger partial charge in [-0.2, -0.15) is 0 Å². The highest BCUT2D eigenvalue weighted by atomic mass is 35.5. The molecular weight excluding hydrogens is 252 g/mol. The molecule has 0 saturated heterocycles. The Morgan fingerprint density at radius 3 is 2.83 bits per heavy atom. The first kappa shape index (κ1) is 14.8.